The first-order chi connectivity index (χ1) is 18.5. The van der Waals surface area contributed by atoms with E-state index in [4.69, 9.17) is 4.74 Å². The van der Waals surface area contributed by atoms with Gasteiger partial charge in [-0.3, -0.25) is 0 Å². The molecule has 1 aromatic heterocycles. The van der Waals surface area contributed by atoms with Gasteiger partial charge in [0.1, 0.15) is 0 Å². The summed E-state index contributed by atoms with van der Waals surface area (Å²) in [5, 5.41) is 3.79. The van der Waals surface area contributed by atoms with Gasteiger partial charge < -0.3 is 19.9 Å². The highest BCUT2D eigenvalue weighted by Gasteiger charge is 2.27. The van der Waals surface area contributed by atoms with Gasteiger partial charge in [0.25, 0.3) is 0 Å². The molecule has 2 aliphatic rings. The molecule has 0 spiro atoms. The van der Waals surface area contributed by atoms with E-state index < -0.39 is 19.9 Å². The Morgan fingerprint density at radius 2 is 1.82 bits per heavy atom. The second-order valence-electron chi connectivity index (χ2n) is 10.3. The van der Waals surface area contributed by atoms with Crippen molar-refractivity contribution in [1.29, 1.82) is 0 Å². The number of nitrogens with zero attached hydrogens (tertiary/aromatic N) is 1. The van der Waals surface area contributed by atoms with E-state index in [-0.39, 0.29) is 41.2 Å². The zero-order valence-corrected chi connectivity index (χ0v) is 25.1. The van der Waals surface area contributed by atoms with Crippen LogP contribution in [0.4, 0.5) is 10.5 Å². The minimum Gasteiger partial charge on any atom is -0.447 e. The lowest BCUT2D eigenvalue weighted by Gasteiger charge is -2.29. The molecule has 2 heterocycles. The molecule has 4 rings (SSSR count). The Hall–Kier alpha value is -2.22. The highest BCUT2D eigenvalue weighted by Crippen LogP contribution is 2.38. The van der Waals surface area contributed by atoms with Gasteiger partial charge in [-0.25, -0.2) is 26.4 Å². The Balaban J connectivity index is 1.45. The predicted octanol–water partition coefficient (Wildman–Crippen LogP) is 3.86. The van der Waals surface area contributed by atoms with Crippen LogP contribution in [0.25, 0.3) is 0 Å². The minimum atomic E-state index is -3.76. The molecule has 1 saturated heterocycles. The van der Waals surface area contributed by atoms with Crippen LogP contribution in [0.2, 0.25) is 0 Å². The number of alkyl carbamates (subject to hydrolysis) is 1. The molecule has 39 heavy (non-hydrogen) atoms. The van der Waals surface area contributed by atoms with Crippen molar-refractivity contribution in [3.63, 3.8) is 0 Å². The van der Waals surface area contributed by atoms with Crippen LogP contribution in [0.15, 0.2) is 45.1 Å². The second kappa shape index (κ2) is 12.5. The molecule has 0 bridgehead atoms. The SMILES string of the molecule is CCNS(=O)(=O)c1cc(N2CCS(=O)(=O)CC2)ccc1Sc1ccc(C2CCC(NC(=O)OC(C)C)CC2)[nH]1. The summed E-state index contributed by atoms with van der Waals surface area (Å²) in [5.41, 5.74) is 1.79. The number of amides is 1. The number of aromatic amines is 1. The van der Waals surface area contributed by atoms with Crippen LogP contribution in [0.5, 0.6) is 0 Å². The summed E-state index contributed by atoms with van der Waals surface area (Å²) in [6.45, 7) is 6.33. The monoisotopic (exact) mass is 598 g/mol. The number of rotatable bonds is 9. The molecule has 13 heteroatoms. The summed E-state index contributed by atoms with van der Waals surface area (Å²) in [5.74, 6) is 0.454. The molecule has 2 fully saturated rings. The molecular weight excluding hydrogens is 561 g/mol. The minimum absolute atomic E-state index is 0.0596. The number of anilines is 1. The normalized spacial score (nSPS) is 21.6. The Morgan fingerprint density at radius 1 is 1.13 bits per heavy atom. The number of benzene rings is 1. The molecule has 1 saturated carbocycles. The van der Waals surface area contributed by atoms with Crippen LogP contribution in [0, 0.1) is 0 Å². The fourth-order valence-corrected chi connectivity index (χ4v) is 8.63. The Bertz CT molecular complexity index is 1350. The molecule has 1 aliphatic heterocycles. The van der Waals surface area contributed by atoms with Crippen molar-refractivity contribution in [3.8, 4) is 0 Å². The lowest BCUT2D eigenvalue weighted by molar-refractivity contribution is 0.109. The number of sulfonamides is 1. The molecule has 0 radical (unpaired) electrons. The molecule has 0 atom stereocenters. The number of carbonyl (C=O) groups is 1. The zero-order valence-electron chi connectivity index (χ0n) is 22.6. The lowest BCUT2D eigenvalue weighted by atomic mass is 9.84. The summed E-state index contributed by atoms with van der Waals surface area (Å²) in [7, 11) is -6.80. The maximum absolute atomic E-state index is 13.1. The van der Waals surface area contributed by atoms with Gasteiger partial charge in [-0.05, 0) is 75.8 Å². The van der Waals surface area contributed by atoms with E-state index >= 15 is 0 Å². The standard InChI is InChI=1S/C26H38N4O6S3/c1-4-27-39(34,35)24-17-21(30-13-15-38(32,33)16-14-30)9-11-23(24)37-25-12-10-22(29-25)19-5-7-20(8-6-19)28-26(31)36-18(2)3/h9-12,17-20,27,29H,4-8,13-16H2,1-3H3,(H,28,31). The Kier molecular flexibility index (Phi) is 9.56. The van der Waals surface area contributed by atoms with E-state index in [1.807, 2.05) is 30.9 Å². The second-order valence-corrected chi connectivity index (χ2v) is 15.4. The van der Waals surface area contributed by atoms with Crippen LogP contribution >= 0.6 is 11.8 Å². The van der Waals surface area contributed by atoms with Crippen LogP contribution in [0.1, 0.15) is 58.1 Å². The van der Waals surface area contributed by atoms with Crippen LogP contribution < -0.4 is 14.9 Å². The number of aromatic nitrogens is 1. The molecule has 1 aliphatic carbocycles. The van der Waals surface area contributed by atoms with E-state index in [2.05, 4.69) is 21.1 Å². The third kappa shape index (κ3) is 7.92. The summed E-state index contributed by atoms with van der Waals surface area (Å²) < 4.78 is 57.7. The number of carbonyl (C=O) groups excluding carboxylic acids is 1. The number of ether oxygens (including phenoxy) is 1. The van der Waals surface area contributed by atoms with Crippen molar-refractivity contribution in [1.82, 2.24) is 15.0 Å². The van der Waals surface area contributed by atoms with E-state index in [9.17, 15) is 21.6 Å². The van der Waals surface area contributed by atoms with Gasteiger partial charge in [0.15, 0.2) is 9.84 Å². The predicted molar refractivity (Wildman–Crippen MR) is 153 cm³/mol. The molecule has 2 aromatic rings. The van der Waals surface area contributed by atoms with Crippen LogP contribution in [-0.4, -0.2) is 71.2 Å². The van der Waals surface area contributed by atoms with Crippen molar-refractivity contribution in [2.75, 3.05) is 36.0 Å². The van der Waals surface area contributed by atoms with Crippen molar-refractivity contribution in [2.24, 2.45) is 0 Å². The third-order valence-electron chi connectivity index (χ3n) is 6.99. The first-order valence-corrected chi connectivity index (χ1v) is 17.5. The van der Waals surface area contributed by atoms with Gasteiger partial charge in [0, 0.05) is 42.0 Å². The highest BCUT2D eigenvalue weighted by atomic mass is 32.2. The van der Waals surface area contributed by atoms with Crippen LogP contribution in [-0.2, 0) is 24.6 Å². The maximum Gasteiger partial charge on any atom is 0.407 e. The average molecular weight is 599 g/mol. The lowest BCUT2D eigenvalue weighted by Crippen LogP contribution is -2.40. The topological polar surface area (TPSA) is 138 Å². The van der Waals surface area contributed by atoms with Gasteiger partial charge in [0.2, 0.25) is 10.0 Å². The zero-order chi connectivity index (χ0) is 28.2. The van der Waals surface area contributed by atoms with Gasteiger partial charge in [-0.1, -0.05) is 18.7 Å². The first kappa shape index (κ1) is 29.8. The summed E-state index contributed by atoms with van der Waals surface area (Å²) >= 11 is 1.36. The van der Waals surface area contributed by atoms with E-state index in [1.54, 1.807) is 19.1 Å². The molecule has 10 nitrogen and oxygen atoms in total. The summed E-state index contributed by atoms with van der Waals surface area (Å²) in [6.07, 6.45) is 3.07. The highest BCUT2D eigenvalue weighted by molar-refractivity contribution is 8.00. The van der Waals surface area contributed by atoms with E-state index in [1.165, 1.54) is 11.8 Å². The van der Waals surface area contributed by atoms with Crippen molar-refractivity contribution >= 4 is 43.4 Å². The van der Waals surface area contributed by atoms with Crippen molar-refractivity contribution in [3.05, 3.63) is 36.0 Å². The number of H-pyrrole nitrogens is 1. The average Bonchev–Trinajstić information content (AvgIpc) is 3.33. The van der Waals surface area contributed by atoms with E-state index in [0.29, 0.717) is 29.6 Å². The Labute approximate surface area is 235 Å². The smallest absolute Gasteiger partial charge is 0.407 e. The quantitative estimate of drug-likeness (QED) is 0.396. The fraction of sp³-hybridized carbons (Fsp3) is 0.577. The number of hydrogen-bond acceptors (Lipinski definition) is 8. The molecule has 3 N–H and O–H groups in total. The van der Waals surface area contributed by atoms with E-state index in [0.717, 1.165) is 36.4 Å². The van der Waals surface area contributed by atoms with Gasteiger partial charge in [-0.2, -0.15) is 0 Å². The van der Waals surface area contributed by atoms with Gasteiger partial charge >= 0.3 is 6.09 Å². The van der Waals surface area contributed by atoms with Crippen molar-refractivity contribution < 1.29 is 26.4 Å². The maximum atomic E-state index is 13.1. The first-order valence-electron chi connectivity index (χ1n) is 13.4. The molecule has 1 amide bonds. The number of hydrogen-bond donors (Lipinski definition) is 3. The molecular formula is C26H38N4O6S3. The van der Waals surface area contributed by atoms with Gasteiger partial charge in [-0.15, -0.1) is 0 Å². The van der Waals surface area contributed by atoms with Gasteiger partial charge in [0.05, 0.1) is 27.5 Å². The molecule has 216 valence electrons. The fourth-order valence-electron chi connectivity index (χ4n) is 5.00. The Morgan fingerprint density at radius 3 is 2.46 bits per heavy atom. The molecule has 1 aromatic carbocycles. The summed E-state index contributed by atoms with van der Waals surface area (Å²) in [6, 6.07) is 9.41. The largest absolute Gasteiger partial charge is 0.447 e. The number of sulfone groups is 1. The number of nitrogens with one attached hydrogen (secondary N) is 3. The van der Waals surface area contributed by atoms with Crippen LogP contribution in [0.3, 0.4) is 0 Å². The molecule has 0 unspecified atom stereocenters. The van der Waals surface area contributed by atoms with Crippen molar-refractivity contribution in [2.45, 2.75) is 79.3 Å². The third-order valence-corrected chi connectivity index (χ3v) is 11.4. The summed E-state index contributed by atoms with van der Waals surface area (Å²) in [4.78, 5) is 18.1.